The zero-order valence-electron chi connectivity index (χ0n) is 10.9. The van der Waals surface area contributed by atoms with Crippen LogP contribution in [0.5, 0.6) is 0 Å². The van der Waals surface area contributed by atoms with E-state index in [1.54, 1.807) is 17.8 Å². The van der Waals surface area contributed by atoms with E-state index in [1.807, 2.05) is 13.2 Å². The Kier molecular flexibility index (Phi) is 6.62. The number of hydrogen-bond donors (Lipinski definition) is 2. The third kappa shape index (κ3) is 4.96. The molecule has 1 unspecified atom stereocenters. The van der Waals surface area contributed by atoms with Crippen LogP contribution in [0.4, 0.5) is 0 Å². The third-order valence-electron chi connectivity index (χ3n) is 2.54. The summed E-state index contributed by atoms with van der Waals surface area (Å²) in [6, 6.07) is 4.47. The fraction of sp³-hybridized carbons (Fsp3) is 0.500. The number of hydrogen-bond acceptors (Lipinski definition) is 4. The normalized spacial score (nSPS) is 13.5. The predicted octanol–water partition coefficient (Wildman–Crippen LogP) is 2.11. The molecule has 1 rings (SSSR count). The summed E-state index contributed by atoms with van der Waals surface area (Å²) < 4.78 is 26.8. The molecule has 0 radical (unpaired) electrons. The van der Waals surface area contributed by atoms with Gasteiger partial charge >= 0.3 is 0 Å². The molecule has 0 saturated carbocycles. The molecule has 0 spiro atoms. The highest BCUT2D eigenvalue weighted by molar-refractivity contribution is 7.98. The number of thioether (sulfide) groups is 1. The maximum atomic E-state index is 12.1. The summed E-state index contributed by atoms with van der Waals surface area (Å²) in [5.74, 6) is 1.12. The third-order valence-corrected chi connectivity index (χ3v) is 5.35. The van der Waals surface area contributed by atoms with Gasteiger partial charge in [0.2, 0.25) is 10.0 Å². The summed E-state index contributed by atoms with van der Waals surface area (Å²) in [4.78, 5) is 0.0112. The fourth-order valence-electron chi connectivity index (χ4n) is 1.53. The molecule has 0 aliphatic heterocycles. The van der Waals surface area contributed by atoms with E-state index in [2.05, 4.69) is 4.72 Å². The second-order valence-corrected chi connectivity index (χ2v) is 7.39. The lowest BCUT2D eigenvalue weighted by Crippen LogP contribution is -2.29. The van der Waals surface area contributed by atoms with Gasteiger partial charge in [0.05, 0.1) is 11.6 Å². The van der Waals surface area contributed by atoms with Crippen LogP contribution in [0.25, 0.3) is 0 Å². The van der Waals surface area contributed by atoms with Crippen molar-refractivity contribution in [2.45, 2.75) is 18.4 Å². The quantitative estimate of drug-likeness (QED) is 0.806. The Bertz CT molecular complexity index is 520. The molecule has 0 aliphatic rings. The lowest BCUT2D eigenvalue weighted by Gasteiger charge is -2.13. The Morgan fingerprint density at radius 3 is 2.74 bits per heavy atom. The Labute approximate surface area is 123 Å². The largest absolute Gasteiger partial charge is 0.392 e. The highest BCUT2D eigenvalue weighted by Crippen LogP contribution is 2.22. The van der Waals surface area contributed by atoms with Gasteiger partial charge in [-0.2, -0.15) is 11.8 Å². The van der Waals surface area contributed by atoms with Gasteiger partial charge in [-0.25, -0.2) is 13.1 Å². The molecule has 1 atom stereocenters. The van der Waals surface area contributed by atoms with Gasteiger partial charge in [-0.05, 0) is 35.6 Å². The highest BCUT2D eigenvalue weighted by Gasteiger charge is 2.19. The fourth-order valence-corrected chi connectivity index (χ4v) is 3.93. The lowest BCUT2D eigenvalue weighted by atomic mass is 10.2. The van der Waals surface area contributed by atoms with Gasteiger partial charge in [0.25, 0.3) is 0 Å². The van der Waals surface area contributed by atoms with Gasteiger partial charge in [0.1, 0.15) is 4.90 Å². The van der Waals surface area contributed by atoms with Gasteiger partial charge in [0, 0.05) is 6.54 Å². The van der Waals surface area contributed by atoms with Gasteiger partial charge in [-0.3, -0.25) is 0 Å². The van der Waals surface area contributed by atoms with Gasteiger partial charge in [0.15, 0.2) is 0 Å². The first kappa shape index (κ1) is 16.8. The molecule has 1 aromatic carbocycles. The molecule has 0 bridgehead atoms. The van der Waals surface area contributed by atoms with Crippen LogP contribution in [-0.4, -0.2) is 32.1 Å². The van der Waals surface area contributed by atoms with Crippen molar-refractivity contribution in [2.24, 2.45) is 5.92 Å². The van der Waals surface area contributed by atoms with E-state index >= 15 is 0 Å². The minimum Gasteiger partial charge on any atom is -0.392 e. The Morgan fingerprint density at radius 1 is 1.47 bits per heavy atom. The van der Waals surface area contributed by atoms with E-state index in [0.717, 1.165) is 5.75 Å². The van der Waals surface area contributed by atoms with Crippen LogP contribution < -0.4 is 4.72 Å². The summed E-state index contributed by atoms with van der Waals surface area (Å²) in [7, 11) is -3.64. The molecular weight excluding hydrogens is 306 g/mol. The average molecular weight is 324 g/mol. The van der Waals surface area contributed by atoms with Crippen molar-refractivity contribution >= 4 is 33.4 Å². The number of aliphatic hydroxyl groups is 1. The molecule has 1 aromatic rings. The topological polar surface area (TPSA) is 66.4 Å². The molecule has 4 nitrogen and oxygen atoms in total. The van der Waals surface area contributed by atoms with Crippen molar-refractivity contribution in [3.8, 4) is 0 Å². The summed E-state index contributed by atoms with van der Waals surface area (Å²) in [5, 5.41) is 9.20. The van der Waals surface area contributed by atoms with Crippen molar-refractivity contribution in [1.29, 1.82) is 0 Å². The number of sulfonamides is 1. The number of aliphatic hydroxyl groups excluding tert-OH is 1. The molecule has 19 heavy (non-hydrogen) atoms. The molecule has 0 saturated heterocycles. The number of benzene rings is 1. The highest BCUT2D eigenvalue weighted by atomic mass is 35.5. The number of rotatable bonds is 7. The Balaban J connectivity index is 2.88. The van der Waals surface area contributed by atoms with Crippen LogP contribution in [0.2, 0.25) is 5.02 Å². The number of halogens is 1. The molecule has 0 amide bonds. The van der Waals surface area contributed by atoms with E-state index in [0.29, 0.717) is 12.1 Å². The zero-order valence-corrected chi connectivity index (χ0v) is 13.3. The first-order chi connectivity index (χ1) is 8.90. The summed E-state index contributed by atoms with van der Waals surface area (Å²) >= 11 is 7.58. The number of nitrogens with one attached hydrogen (secondary N) is 1. The molecule has 0 heterocycles. The summed E-state index contributed by atoms with van der Waals surface area (Å²) in [5.41, 5.74) is 0.516. The zero-order chi connectivity index (χ0) is 14.5. The Morgan fingerprint density at radius 2 is 2.16 bits per heavy atom. The van der Waals surface area contributed by atoms with Gasteiger partial charge < -0.3 is 5.11 Å². The second kappa shape index (κ2) is 7.50. The molecule has 2 N–H and O–H groups in total. The van der Waals surface area contributed by atoms with Gasteiger partial charge in [-0.1, -0.05) is 24.6 Å². The first-order valence-electron chi connectivity index (χ1n) is 5.78. The van der Waals surface area contributed by atoms with Crippen molar-refractivity contribution in [2.75, 3.05) is 18.6 Å². The van der Waals surface area contributed by atoms with Crippen molar-refractivity contribution in [3.63, 3.8) is 0 Å². The first-order valence-corrected chi connectivity index (χ1v) is 9.04. The van der Waals surface area contributed by atoms with Crippen LogP contribution in [0.1, 0.15) is 12.5 Å². The van der Waals surface area contributed by atoms with Crippen LogP contribution in [0.15, 0.2) is 23.1 Å². The van der Waals surface area contributed by atoms with Gasteiger partial charge in [-0.15, -0.1) is 0 Å². The Hall–Kier alpha value is -0.270. The van der Waals surface area contributed by atoms with E-state index in [1.165, 1.54) is 12.1 Å². The smallest absolute Gasteiger partial charge is 0.242 e. The molecule has 0 fully saturated rings. The molecule has 0 aromatic heterocycles. The maximum absolute atomic E-state index is 12.1. The van der Waals surface area contributed by atoms with Crippen molar-refractivity contribution in [1.82, 2.24) is 4.72 Å². The van der Waals surface area contributed by atoms with E-state index in [9.17, 15) is 8.42 Å². The van der Waals surface area contributed by atoms with Crippen LogP contribution >= 0.6 is 23.4 Å². The van der Waals surface area contributed by atoms with E-state index < -0.39 is 10.0 Å². The van der Waals surface area contributed by atoms with Crippen LogP contribution in [-0.2, 0) is 16.6 Å². The van der Waals surface area contributed by atoms with E-state index in [-0.39, 0.29) is 22.4 Å². The minimum absolute atomic E-state index is 0.0112. The molecule has 7 heteroatoms. The predicted molar refractivity (Wildman–Crippen MR) is 80.1 cm³/mol. The monoisotopic (exact) mass is 323 g/mol. The minimum atomic E-state index is -3.64. The molecule has 0 aliphatic carbocycles. The summed E-state index contributed by atoms with van der Waals surface area (Å²) in [6.45, 7) is 2.12. The van der Waals surface area contributed by atoms with Crippen molar-refractivity contribution < 1.29 is 13.5 Å². The average Bonchev–Trinajstić information content (AvgIpc) is 2.37. The second-order valence-electron chi connectivity index (χ2n) is 4.34. The van der Waals surface area contributed by atoms with E-state index in [4.69, 9.17) is 16.7 Å². The lowest BCUT2D eigenvalue weighted by molar-refractivity contribution is 0.281. The molecule has 108 valence electrons. The standard InChI is InChI=1S/C12H18ClNO3S2/c1-9(8-18-2)6-14-19(16,17)12-5-10(7-15)3-4-11(12)13/h3-5,9,14-15H,6-8H2,1-2H3. The van der Waals surface area contributed by atoms with Crippen LogP contribution in [0, 0.1) is 5.92 Å². The SMILES string of the molecule is CSCC(C)CNS(=O)(=O)c1cc(CO)ccc1Cl. The van der Waals surface area contributed by atoms with Crippen LogP contribution in [0.3, 0.4) is 0 Å². The molecular formula is C12H18ClNO3S2. The summed E-state index contributed by atoms with van der Waals surface area (Å²) in [6.07, 6.45) is 1.98. The van der Waals surface area contributed by atoms with Crippen molar-refractivity contribution in [3.05, 3.63) is 28.8 Å². The maximum Gasteiger partial charge on any atom is 0.242 e.